The lowest BCUT2D eigenvalue weighted by molar-refractivity contribution is -0.137. The molecular formula is C20H17F4NO4. The van der Waals surface area contributed by atoms with E-state index in [1.165, 1.54) is 13.0 Å². The van der Waals surface area contributed by atoms with E-state index in [2.05, 4.69) is 4.99 Å². The predicted octanol–water partition coefficient (Wildman–Crippen LogP) is 4.80. The van der Waals surface area contributed by atoms with Crippen LogP contribution in [0.3, 0.4) is 0 Å². The molecule has 2 aromatic carbocycles. The van der Waals surface area contributed by atoms with E-state index in [1.54, 1.807) is 19.9 Å². The van der Waals surface area contributed by atoms with Gasteiger partial charge >= 0.3 is 5.97 Å². The quantitative estimate of drug-likeness (QED) is 0.141. The fourth-order valence-electron chi connectivity index (χ4n) is 2.48. The molecule has 0 aliphatic carbocycles. The van der Waals surface area contributed by atoms with Gasteiger partial charge in [-0.2, -0.15) is 0 Å². The molecule has 5 nitrogen and oxygen atoms in total. The predicted molar refractivity (Wildman–Crippen MR) is 98.2 cm³/mol. The fraction of sp³-hybridized carbons (Fsp3) is 0.200. The molecule has 0 aliphatic heterocycles. The summed E-state index contributed by atoms with van der Waals surface area (Å²) in [6, 6.07) is 3.34. The number of hydrogen-bond donors (Lipinski definition) is 2. The van der Waals surface area contributed by atoms with Gasteiger partial charge in [-0.25, -0.2) is 22.4 Å². The molecule has 0 amide bonds. The molecule has 0 fully saturated rings. The van der Waals surface area contributed by atoms with E-state index in [-0.39, 0.29) is 24.1 Å². The van der Waals surface area contributed by atoms with Crippen LogP contribution in [0.1, 0.15) is 23.6 Å². The van der Waals surface area contributed by atoms with Gasteiger partial charge in [0.1, 0.15) is 22.8 Å². The third-order valence-corrected chi connectivity index (χ3v) is 3.87. The lowest BCUT2D eigenvalue weighted by Crippen LogP contribution is -2.12. The smallest absolute Gasteiger partial charge is 0.343 e. The summed E-state index contributed by atoms with van der Waals surface area (Å²) in [6.07, 6.45) is 0.750. The molecule has 0 saturated carbocycles. The Bertz CT molecular complexity index is 1030. The summed E-state index contributed by atoms with van der Waals surface area (Å²) in [6.45, 7) is 4.66. The summed E-state index contributed by atoms with van der Waals surface area (Å²) >= 11 is 0. The minimum atomic E-state index is -2.15. The first-order valence-electron chi connectivity index (χ1n) is 8.36. The van der Waals surface area contributed by atoms with Crippen molar-refractivity contribution in [1.82, 2.24) is 0 Å². The number of carbonyl (C=O) groups is 1. The van der Waals surface area contributed by atoms with Crippen LogP contribution in [0.15, 0.2) is 28.8 Å². The largest absolute Gasteiger partial charge is 0.506 e. The zero-order valence-electron chi connectivity index (χ0n) is 15.7. The first kappa shape index (κ1) is 21.9. The lowest BCUT2D eigenvalue weighted by atomic mass is 10.1. The molecule has 0 atom stereocenters. The molecule has 2 N–H and O–H groups in total. The van der Waals surface area contributed by atoms with Crippen LogP contribution in [0.5, 0.6) is 5.75 Å². The number of phenolic OH excluding ortho intramolecular Hbond substituents is 1. The molecule has 154 valence electrons. The van der Waals surface area contributed by atoms with Crippen molar-refractivity contribution >= 4 is 23.6 Å². The van der Waals surface area contributed by atoms with Gasteiger partial charge in [0.25, 0.3) is 0 Å². The van der Waals surface area contributed by atoms with Gasteiger partial charge in [-0.05, 0) is 44.0 Å². The first-order valence-corrected chi connectivity index (χ1v) is 8.36. The van der Waals surface area contributed by atoms with E-state index < -0.39 is 46.1 Å². The standard InChI is InChI=1S/C20H17F4NO4/c1-4-29-20(28)12(8-25-14-6-9(2)5-10(3)18(14)26)19(27)11-7-13(21)16(23)17(24)15(11)22/h5-8,26-27H,4H2,1-3H3. The average molecular weight is 411 g/mol. The van der Waals surface area contributed by atoms with Gasteiger partial charge in [0.15, 0.2) is 23.3 Å². The molecule has 0 bridgehead atoms. The summed E-state index contributed by atoms with van der Waals surface area (Å²) in [4.78, 5) is 16.1. The zero-order valence-corrected chi connectivity index (χ0v) is 15.7. The van der Waals surface area contributed by atoms with Crippen molar-refractivity contribution in [1.29, 1.82) is 0 Å². The van der Waals surface area contributed by atoms with Crippen molar-refractivity contribution in [2.45, 2.75) is 20.8 Å². The Morgan fingerprint density at radius 2 is 1.76 bits per heavy atom. The minimum Gasteiger partial charge on any atom is -0.506 e. The molecule has 0 aliphatic rings. The number of rotatable bonds is 5. The van der Waals surface area contributed by atoms with Crippen molar-refractivity contribution in [3.63, 3.8) is 0 Å². The number of aliphatic imine (C=N–C) groups is 1. The van der Waals surface area contributed by atoms with Crippen LogP contribution in [-0.4, -0.2) is 29.0 Å². The van der Waals surface area contributed by atoms with Crippen LogP contribution >= 0.6 is 0 Å². The van der Waals surface area contributed by atoms with Crippen LogP contribution in [0, 0.1) is 37.1 Å². The number of aromatic hydroxyl groups is 1. The Kier molecular flexibility index (Phi) is 6.63. The van der Waals surface area contributed by atoms with E-state index >= 15 is 0 Å². The molecular weight excluding hydrogens is 394 g/mol. The van der Waals surface area contributed by atoms with Gasteiger partial charge < -0.3 is 14.9 Å². The monoisotopic (exact) mass is 411 g/mol. The summed E-state index contributed by atoms with van der Waals surface area (Å²) in [5.74, 6) is -10.5. The van der Waals surface area contributed by atoms with E-state index in [4.69, 9.17) is 4.74 Å². The number of benzene rings is 2. The summed E-state index contributed by atoms with van der Waals surface area (Å²) in [5, 5.41) is 20.4. The highest BCUT2D eigenvalue weighted by molar-refractivity contribution is 6.15. The molecule has 0 unspecified atom stereocenters. The number of aliphatic hydroxyl groups is 1. The van der Waals surface area contributed by atoms with E-state index in [1.807, 2.05) is 0 Å². The molecule has 0 spiro atoms. The maximum absolute atomic E-state index is 14.0. The molecule has 2 aromatic rings. The maximum Gasteiger partial charge on any atom is 0.343 e. The van der Waals surface area contributed by atoms with Crippen LogP contribution in [0.2, 0.25) is 0 Å². The highest BCUT2D eigenvalue weighted by Gasteiger charge is 2.25. The third-order valence-electron chi connectivity index (χ3n) is 3.87. The Morgan fingerprint density at radius 1 is 1.10 bits per heavy atom. The molecule has 0 aromatic heterocycles. The van der Waals surface area contributed by atoms with Gasteiger partial charge in [-0.15, -0.1) is 0 Å². The Balaban J connectivity index is 2.67. The van der Waals surface area contributed by atoms with Gasteiger partial charge in [0.05, 0.1) is 12.2 Å². The average Bonchev–Trinajstić information content (AvgIpc) is 2.66. The van der Waals surface area contributed by atoms with Gasteiger partial charge in [-0.3, -0.25) is 4.99 Å². The van der Waals surface area contributed by atoms with Crippen LogP contribution in [-0.2, 0) is 9.53 Å². The third kappa shape index (κ3) is 4.56. The highest BCUT2D eigenvalue weighted by atomic mass is 19.2. The first-order chi connectivity index (χ1) is 13.6. The maximum atomic E-state index is 14.0. The molecule has 2 rings (SSSR count). The number of esters is 1. The number of phenols is 1. The normalized spacial score (nSPS) is 12.2. The van der Waals surface area contributed by atoms with E-state index in [0.717, 1.165) is 11.8 Å². The minimum absolute atomic E-state index is 0.0223. The van der Waals surface area contributed by atoms with Crippen LogP contribution in [0.4, 0.5) is 23.2 Å². The lowest BCUT2D eigenvalue weighted by Gasteiger charge is -2.10. The SMILES string of the molecule is CCOC(=O)C(C=Nc1cc(C)cc(C)c1O)=C(O)c1cc(F)c(F)c(F)c1F. The number of ether oxygens (including phenoxy) is 1. The highest BCUT2D eigenvalue weighted by Crippen LogP contribution is 2.32. The van der Waals surface area contributed by atoms with Crippen molar-refractivity contribution < 1.29 is 37.3 Å². The van der Waals surface area contributed by atoms with Crippen molar-refractivity contribution in [3.05, 3.63) is 63.7 Å². The number of halogens is 4. The number of carbonyl (C=O) groups excluding carboxylic acids is 1. The molecule has 0 saturated heterocycles. The van der Waals surface area contributed by atoms with Crippen LogP contribution < -0.4 is 0 Å². The Hall–Kier alpha value is -3.36. The zero-order chi connectivity index (χ0) is 21.9. The van der Waals surface area contributed by atoms with E-state index in [0.29, 0.717) is 5.56 Å². The summed E-state index contributed by atoms with van der Waals surface area (Å²) in [7, 11) is 0. The second kappa shape index (κ2) is 8.76. The van der Waals surface area contributed by atoms with Crippen molar-refractivity contribution in [3.8, 4) is 5.75 Å². The Labute approximate surface area is 163 Å². The topological polar surface area (TPSA) is 79.1 Å². The van der Waals surface area contributed by atoms with Gasteiger partial charge in [-0.1, -0.05) is 6.07 Å². The summed E-state index contributed by atoms with van der Waals surface area (Å²) < 4.78 is 58.9. The summed E-state index contributed by atoms with van der Waals surface area (Å²) in [5.41, 5.74) is -0.617. The Morgan fingerprint density at radius 3 is 2.38 bits per heavy atom. The van der Waals surface area contributed by atoms with Crippen LogP contribution in [0.25, 0.3) is 5.76 Å². The van der Waals surface area contributed by atoms with Gasteiger partial charge in [0, 0.05) is 6.21 Å². The fourth-order valence-corrected chi connectivity index (χ4v) is 2.48. The van der Waals surface area contributed by atoms with Gasteiger partial charge in [0.2, 0.25) is 0 Å². The number of nitrogens with zero attached hydrogens (tertiary/aromatic N) is 1. The number of aliphatic hydroxyl groups excluding tert-OH is 1. The second-order valence-corrected chi connectivity index (χ2v) is 6.04. The number of hydrogen-bond acceptors (Lipinski definition) is 5. The second-order valence-electron chi connectivity index (χ2n) is 6.04. The molecule has 9 heteroatoms. The number of aryl methyl sites for hydroxylation is 2. The van der Waals surface area contributed by atoms with E-state index in [9.17, 15) is 32.6 Å². The van der Waals surface area contributed by atoms with Crippen molar-refractivity contribution in [2.24, 2.45) is 4.99 Å². The molecule has 29 heavy (non-hydrogen) atoms. The van der Waals surface area contributed by atoms with Crippen molar-refractivity contribution in [2.75, 3.05) is 6.61 Å². The molecule has 0 radical (unpaired) electrons. The molecule has 0 heterocycles.